The highest BCUT2D eigenvalue weighted by atomic mass is 32.2. The topological polar surface area (TPSA) is 212 Å². The third kappa shape index (κ3) is 8.06. The van der Waals surface area contributed by atoms with E-state index in [0.717, 1.165) is 16.8 Å². The van der Waals surface area contributed by atoms with Crippen LogP contribution in [0.5, 0.6) is 0 Å². The van der Waals surface area contributed by atoms with Gasteiger partial charge in [-0.15, -0.1) is 0 Å². The van der Waals surface area contributed by atoms with Crippen LogP contribution in [0, 0.1) is 5.92 Å². The van der Waals surface area contributed by atoms with E-state index in [1.54, 1.807) is 30.3 Å². The summed E-state index contributed by atoms with van der Waals surface area (Å²) >= 11 is 0. The number of likely N-dealkylation sites (N-methyl/N-ethyl adjacent to an activating group) is 1. The number of ketones is 1. The van der Waals surface area contributed by atoms with E-state index in [2.05, 4.69) is 15.0 Å². The van der Waals surface area contributed by atoms with Gasteiger partial charge in [-0.05, 0) is 19.0 Å². The number of benzene rings is 1. The molecule has 1 heterocycles. The van der Waals surface area contributed by atoms with Crippen LogP contribution >= 0.6 is 0 Å². The van der Waals surface area contributed by atoms with Gasteiger partial charge in [0.25, 0.3) is 5.56 Å². The maximum absolute atomic E-state index is 13.0. The van der Waals surface area contributed by atoms with Crippen LogP contribution in [0.25, 0.3) is 0 Å². The molecule has 3 atom stereocenters. The molecular formula is C20H27N7O6S. The van der Waals surface area contributed by atoms with Gasteiger partial charge in [-0.3, -0.25) is 19.1 Å². The largest absolute Gasteiger partial charge is 0.370 e. The van der Waals surface area contributed by atoms with Crippen molar-refractivity contribution in [3.05, 3.63) is 69.0 Å². The molecule has 2 unspecified atom stereocenters. The molecule has 2 rings (SSSR count). The summed E-state index contributed by atoms with van der Waals surface area (Å²) in [6.45, 7) is -0.475. The van der Waals surface area contributed by atoms with Crippen LogP contribution in [0.1, 0.15) is 12.0 Å². The first-order valence-electron chi connectivity index (χ1n) is 10.1. The fraction of sp³-hybridized carbons (Fsp3) is 0.350. The number of hydrogen-bond donors (Lipinski definition) is 5. The summed E-state index contributed by atoms with van der Waals surface area (Å²) in [6, 6.07) is 8.42. The van der Waals surface area contributed by atoms with Crippen LogP contribution in [0.3, 0.4) is 0 Å². The minimum Gasteiger partial charge on any atom is -0.370 e. The monoisotopic (exact) mass is 493 g/mol. The number of H-pyrrole nitrogens is 1. The second-order valence-electron chi connectivity index (χ2n) is 7.43. The third-order valence-electron chi connectivity index (χ3n) is 4.85. The van der Waals surface area contributed by atoms with Gasteiger partial charge in [0.1, 0.15) is 12.5 Å². The second kappa shape index (κ2) is 12.0. The molecule has 1 aromatic carbocycles. The van der Waals surface area contributed by atoms with E-state index in [-0.39, 0.29) is 12.2 Å². The molecule has 0 spiro atoms. The number of aliphatic imine (C=N–C) groups is 1. The minimum absolute atomic E-state index is 0.285. The highest BCUT2D eigenvalue weighted by molar-refractivity contribution is 7.88. The van der Waals surface area contributed by atoms with E-state index < -0.39 is 57.7 Å². The maximum atomic E-state index is 13.0. The first-order valence-corrected chi connectivity index (χ1v) is 11.8. The number of nitrogens with two attached hydrogens (primary N) is 2. The zero-order valence-corrected chi connectivity index (χ0v) is 19.2. The Morgan fingerprint density at radius 2 is 1.88 bits per heavy atom. The average Bonchev–Trinajstić information content (AvgIpc) is 2.75. The Kier molecular flexibility index (Phi) is 9.41. The Labute approximate surface area is 195 Å². The van der Waals surface area contributed by atoms with Crippen LogP contribution in [-0.4, -0.2) is 55.3 Å². The van der Waals surface area contributed by atoms with Crippen molar-refractivity contribution in [2.75, 3.05) is 7.05 Å². The number of aldehydes is 1. The molecule has 0 amide bonds. The molecule has 1 aromatic heterocycles. The maximum Gasteiger partial charge on any atom is 0.328 e. The van der Waals surface area contributed by atoms with Crippen molar-refractivity contribution in [3.8, 4) is 0 Å². The smallest absolute Gasteiger partial charge is 0.328 e. The fourth-order valence-corrected chi connectivity index (χ4v) is 4.56. The molecule has 14 heteroatoms. The number of nitrogens with zero attached hydrogens (tertiary/aromatic N) is 2. The molecule has 34 heavy (non-hydrogen) atoms. The van der Waals surface area contributed by atoms with Gasteiger partial charge in [0.2, 0.25) is 10.0 Å². The van der Waals surface area contributed by atoms with Crippen molar-refractivity contribution in [1.29, 1.82) is 0 Å². The van der Waals surface area contributed by atoms with Gasteiger partial charge in [-0.25, -0.2) is 18.2 Å². The van der Waals surface area contributed by atoms with E-state index in [4.69, 9.17) is 11.5 Å². The van der Waals surface area contributed by atoms with Gasteiger partial charge in [0.05, 0.1) is 18.3 Å². The molecule has 0 saturated heterocycles. The summed E-state index contributed by atoms with van der Waals surface area (Å²) in [5, 5.41) is 2.68. The number of aromatic nitrogens is 2. The Bertz CT molecular complexity index is 1240. The average molecular weight is 494 g/mol. The number of aromatic amines is 1. The van der Waals surface area contributed by atoms with Crippen molar-refractivity contribution < 1.29 is 18.0 Å². The summed E-state index contributed by atoms with van der Waals surface area (Å²) in [6.07, 6.45) is 0.0773. The molecule has 0 aliphatic carbocycles. The van der Waals surface area contributed by atoms with Crippen LogP contribution in [0.15, 0.2) is 57.2 Å². The van der Waals surface area contributed by atoms with Crippen molar-refractivity contribution in [2.24, 2.45) is 22.4 Å². The van der Waals surface area contributed by atoms with Gasteiger partial charge in [-0.2, -0.15) is 4.72 Å². The Hall–Kier alpha value is -3.62. The predicted molar refractivity (Wildman–Crippen MR) is 125 cm³/mol. The lowest BCUT2D eigenvalue weighted by Gasteiger charge is -2.25. The lowest BCUT2D eigenvalue weighted by molar-refractivity contribution is -0.127. The standard InChI is InChI=1S/C20H27N7O6S/c1-23-15(11-28)14(16(29)10-27-8-7-18(30)25-20(27)31)9-17(24-19(21)22)26-34(32,33)12-13-5-3-2-4-6-13/h2-8,11,14-15,17,23,26H,9-10,12H2,1H3,(H4,21,22,24)(H,25,30,31)/t14?,15-,17?/m1/s1. The highest BCUT2D eigenvalue weighted by Gasteiger charge is 2.32. The summed E-state index contributed by atoms with van der Waals surface area (Å²) in [5.41, 5.74) is 9.99. The summed E-state index contributed by atoms with van der Waals surface area (Å²) < 4.78 is 28.7. The first kappa shape index (κ1) is 26.6. The van der Waals surface area contributed by atoms with Crippen molar-refractivity contribution in [3.63, 3.8) is 0 Å². The van der Waals surface area contributed by atoms with E-state index in [1.165, 1.54) is 7.05 Å². The van der Waals surface area contributed by atoms with Gasteiger partial charge in [-0.1, -0.05) is 30.3 Å². The summed E-state index contributed by atoms with van der Waals surface area (Å²) in [5.74, 6) is -2.49. The van der Waals surface area contributed by atoms with E-state index in [0.29, 0.717) is 11.8 Å². The zero-order chi connectivity index (χ0) is 25.3. The lowest BCUT2D eigenvalue weighted by Crippen LogP contribution is -2.46. The number of carbonyl (C=O) groups excluding carboxylic acids is 2. The van der Waals surface area contributed by atoms with E-state index >= 15 is 0 Å². The number of rotatable bonds is 13. The molecule has 13 nitrogen and oxygen atoms in total. The molecule has 184 valence electrons. The third-order valence-corrected chi connectivity index (χ3v) is 6.19. The van der Waals surface area contributed by atoms with Crippen molar-refractivity contribution >= 4 is 28.1 Å². The number of Topliss-reactive ketones (excluding diaryl/α,β-unsaturated/α-hetero) is 1. The number of carbonyl (C=O) groups is 2. The fourth-order valence-electron chi connectivity index (χ4n) is 3.29. The highest BCUT2D eigenvalue weighted by Crippen LogP contribution is 2.16. The van der Waals surface area contributed by atoms with Gasteiger partial charge < -0.3 is 21.6 Å². The minimum atomic E-state index is -3.94. The summed E-state index contributed by atoms with van der Waals surface area (Å²) in [7, 11) is -2.50. The van der Waals surface area contributed by atoms with Crippen LogP contribution in [0.4, 0.5) is 0 Å². The predicted octanol–water partition coefficient (Wildman–Crippen LogP) is -2.38. The summed E-state index contributed by atoms with van der Waals surface area (Å²) in [4.78, 5) is 53.8. The van der Waals surface area contributed by atoms with Gasteiger partial charge >= 0.3 is 5.69 Å². The quantitative estimate of drug-likeness (QED) is 0.114. The van der Waals surface area contributed by atoms with Crippen LogP contribution in [0.2, 0.25) is 0 Å². The number of nitrogens with one attached hydrogen (secondary N) is 3. The Morgan fingerprint density at radius 1 is 1.21 bits per heavy atom. The molecule has 7 N–H and O–H groups in total. The van der Waals surface area contributed by atoms with Gasteiger partial charge in [0, 0.05) is 18.2 Å². The molecule has 0 aliphatic rings. The SMILES string of the molecule is CN[C@H](C=O)C(CC(N=C(N)N)NS(=O)(=O)Cc1ccccc1)C(=O)Cn1ccc(=O)[nH]c1=O. The molecule has 2 aromatic rings. The van der Waals surface area contributed by atoms with Crippen molar-refractivity contribution in [2.45, 2.75) is 30.9 Å². The Balaban J connectivity index is 2.31. The van der Waals surface area contributed by atoms with E-state index in [1.807, 2.05) is 4.98 Å². The first-order chi connectivity index (χ1) is 16.0. The van der Waals surface area contributed by atoms with E-state index in [9.17, 15) is 27.6 Å². The number of sulfonamides is 1. The molecule has 0 radical (unpaired) electrons. The molecular weight excluding hydrogens is 466 g/mol. The molecule has 0 aliphatic heterocycles. The molecule has 0 saturated carbocycles. The van der Waals surface area contributed by atoms with Gasteiger partial charge in [0.15, 0.2) is 11.7 Å². The van der Waals surface area contributed by atoms with Crippen LogP contribution in [-0.2, 0) is 31.9 Å². The lowest BCUT2D eigenvalue weighted by atomic mass is 9.91. The Morgan fingerprint density at radius 3 is 2.44 bits per heavy atom. The second-order valence-corrected chi connectivity index (χ2v) is 9.18. The zero-order valence-electron chi connectivity index (χ0n) is 18.4. The van der Waals surface area contributed by atoms with Crippen LogP contribution < -0.4 is 32.8 Å². The molecule has 0 bridgehead atoms. The number of guanidine groups is 1. The molecule has 0 fully saturated rings. The normalized spacial score (nSPS) is 14.0. The van der Waals surface area contributed by atoms with Crippen molar-refractivity contribution in [1.82, 2.24) is 19.6 Å². The number of hydrogen-bond acceptors (Lipinski definition) is 8.